The Bertz CT molecular complexity index is 842. The third-order valence-corrected chi connectivity index (χ3v) is 6.51. The second kappa shape index (κ2) is 9.06. The molecule has 1 aliphatic heterocycles. The maximum absolute atomic E-state index is 12.7. The van der Waals surface area contributed by atoms with Crippen molar-refractivity contribution in [2.24, 2.45) is 5.92 Å². The SMILES string of the molecule is CC(=O)N(CCC(C)C)c1nc(C)c(C(=O)Nc2nnc([C@@H]3CCCO3)s2)s1. The van der Waals surface area contributed by atoms with E-state index in [0.717, 1.165) is 30.9 Å². The number of thiazole rings is 1. The number of anilines is 2. The largest absolute Gasteiger partial charge is 0.371 e. The van der Waals surface area contributed by atoms with Crippen molar-refractivity contribution in [1.29, 1.82) is 0 Å². The highest BCUT2D eigenvalue weighted by Crippen LogP contribution is 2.33. The lowest BCUT2D eigenvalue weighted by Crippen LogP contribution is -2.30. The molecule has 1 saturated heterocycles. The van der Waals surface area contributed by atoms with Crippen LogP contribution in [-0.4, -0.2) is 40.1 Å². The van der Waals surface area contributed by atoms with Crippen LogP contribution in [0, 0.1) is 12.8 Å². The molecule has 0 aromatic carbocycles. The zero-order valence-corrected chi connectivity index (χ0v) is 18.2. The van der Waals surface area contributed by atoms with Gasteiger partial charge in [-0.2, -0.15) is 0 Å². The van der Waals surface area contributed by atoms with E-state index in [1.807, 2.05) is 0 Å². The molecule has 2 aromatic rings. The van der Waals surface area contributed by atoms with Crippen molar-refractivity contribution in [3.05, 3.63) is 15.6 Å². The van der Waals surface area contributed by atoms with Gasteiger partial charge in [0.05, 0.1) is 5.69 Å². The van der Waals surface area contributed by atoms with E-state index in [9.17, 15) is 9.59 Å². The van der Waals surface area contributed by atoms with Gasteiger partial charge in [0.25, 0.3) is 5.91 Å². The van der Waals surface area contributed by atoms with Gasteiger partial charge in [0, 0.05) is 20.1 Å². The average molecular weight is 424 g/mol. The van der Waals surface area contributed by atoms with E-state index in [2.05, 4.69) is 34.3 Å². The Kier molecular flexibility index (Phi) is 6.73. The first kappa shape index (κ1) is 20.8. The smallest absolute Gasteiger partial charge is 0.269 e. The summed E-state index contributed by atoms with van der Waals surface area (Å²) >= 11 is 2.55. The van der Waals surface area contributed by atoms with Crippen LogP contribution in [0.2, 0.25) is 0 Å². The second-order valence-corrected chi connectivity index (χ2v) is 9.15. The molecule has 1 atom stereocenters. The summed E-state index contributed by atoms with van der Waals surface area (Å²) in [5.41, 5.74) is 0.595. The molecular weight excluding hydrogens is 398 g/mol. The summed E-state index contributed by atoms with van der Waals surface area (Å²) < 4.78 is 5.60. The number of nitrogens with one attached hydrogen (secondary N) is 1. The Balaban J connectivity index is 1.71. The van der Waals surface area contributed by atoms with Gasteiger partial charge in [-0.1, -0.05) is 36.5 Å². The fourth-order valence-corrected chi connectivity index (χ4v) is 4.68. The fraction of sp³-hybridized carbons (Fsp3) is 0.611. The summed E-state index contributed by atoms with van der Waals surface area (Å²) in [6.07, 6.45) is 2.79. The minimum atomic E-state index is -0.288. The molecule has 0 bridgehead atoms. The third kappa shape index (κ3) is 4.92. The van der Waals surface area contributed by atoms with Crippen LogP contribution in [0.15, 0.2) is 0 Å². The number of ether oxygens (including phenoxy) is 1. The molecule has 10 heteroatoms. The van der Waals surface area contributed by atoms with E-state index in [0.29, 0.717) is 33.3 Å². The highest BCUT2D eigenvalue weighted by molar-refractivity contribution is 7.18. The Morgan fingerprint density at radius 3 is 2.75 bits per heavy atom. The van der Waals surface area contributed by atoms with Crippen molar-refractivity contribution < 1.29 is 14.3 Å². The van der Waals surface area contributed by atoms with Crippen LogP contribution in [0.4, 0.5) is 10.3 Å². The van der Waals surface area contributed by atoms with Gasteiger partial charge in [0.2, 0.25) is 11.0 Å². The molecule has 0 saturated carbocycles. The predicted octanol–water partition coefficient (Wildman–Crippen LogP) is 3.81. The number of carbonyl (C=O) groups excluding carboxylic acids is 2. The standard InChI is InChI=1S/C18H25N5O3S2/c1-10(2)7-8-23(12(4)24)18-19-11(3)14(27-18)15(25)20-17-22-21-16(28-17)13-6-5-9-26-13/h10,13H,5-9H2,1-4H3,(H,20,22,25)/t13-/m0/s1. The highest BCUT2D eigenvalue weighted by Gasteiger charge is 2.24. The van der Waals surface area contributed by atoms with Crippen molar-refractivity contribution in [2.45, 2.75) is 53.1 Å². The molecule has 1 fully saturated rings. The first-order valence-corrected chi connectivity index (χ1v) is 11.0. The van der Waals surface area contributed by atoms with Gasteiger partial charge in [0.15, 0.2) is 5.13 Å². The number of aryl methyl sites for hydroxylation is 1. The van der Waals surface area contributed by atoms with Crippen molar-refractivity contribution in [1.82, 2.24) is 15.2 Å². The molecule has 0 unspecified atom stereocenters. The Hall–Kier alpha value is -1.91. The maximum Gasteiger partial charge on any atom is 0.269 e. The minimum absolute atomic E-state index is 0.0232. The molecule has 3 rings (SSSR count). The molecule has 28 heavy (non-hydrogen) atoms. The molecule has 0 spiro atoms. The van der Waals surface area contributed by atoms with Crippen molar-refractivity contribution >= 4 is 44.8 Å². The lowest BCUT2D eigenvalue weighted by molar-refractivity contribution is -0.116. The van der Waals surface area contributed by atoms with E-state index < -0.39 is 0 Å². The zero-order valence-electron chi connectivity index (χ0n) is 16.5. The van der Waals surface area contributed by atoms with Crippen LogP contribution in [0.3, 0.4) is 0 Å². The maximum atomic E-state index is 12.7. The van der Waals surface area contributed by atoms with E-state index >= 15 is 0 Å². The zero-order chi connectivity index (χ0) is 20.3. The fourth-order valence-electron chi connectivity index (χ4n) is 2.82. The van der Waals surface area contributed by atoms with Gasteiger partial charge in [0.1, 0.15) is 16.0 Å². The Morgan fingerprint density at radius 2 is 2.11 bits per heavy atom. The number of carbonyl (C=O) groups is 2. The number of amides is 2. The molecule has 152 valence electrons. The van der Waals surface area contributed by atoms with Crippen LogP contribution in [0.5, 0.6) is 0 Å². The van der Waals surface area contributed by atoms with Gasteiger partial charge in [-0.25, -0.2) is 4.98 Å². The summed E-state index contributed by atoms with van der Waals surface area (Å²) in [4.78, 5) is 31.3. The van der Waals surface area contributed by atoms with Crippen LogP contribution in [0.25, 0.3) is 0 Å². The third-order valence-electron chi connectivity index (χ3n) is 4.40. The van der Waals surface area contributed by atoms with E-state index in [4.69, 9.17) is 4.74 Å². The molecule has 2 aromatic heterocycles. The molecule has 8 nitrogen and oxygen atoms in total. The van der Waals surface area contributed by atoms with E-state index in [1.165, 1.54) is 29.6 Å². The summed E-state index contributed by atoms with van der Waals surface area (Å²) in [5, 5.41) is 12.7. The number of rotatable bonds is 7. The molecule has 0 radical (unpaired) electrons. The Morgan fingerprint density at radius 1 is 1.32 bits per heavy atom. The average Bonchev–Trinajstić information content (AvgIpc) is 3.34. The normalized spacial score (nSPS) is 16.5. The molecule has 3 heterocycles. The first-order valence-electron chi connectivity index (χ1n) is 9.37. The molecule has 2 amide bonds. The Labute approximate surface area is 172 Å². The number of nitrogens with zero attached hydrogens (tertiary/aromatic N) is 4. The lowest BCUT2D eigenvalue weighted by atomic mass is 10.1. The predicted molar refractivity (Wildman–Crippen MR) is 110 cm³/mol. The van der Waals surface area contributed by atoms with Crippen LogP contribution >= 0.6 is 22.7 Å². The molecular formula is C18H25N5O3S2. The van der Waals surface area contributed by atoms with Crippen molar-refractivity contribution in [2.75, 3.05) is 23.4 Å². The van der Waals surface area contributed by atoms with Gasteiger partial charge in [-0.05, 0) is 32.1 Å². The van der Waals surface area contributed by atoms with Gasteiger partial charge in [-0.3, -0.25) is 19.8 Å². The summed E-state index contributed by atoms with van der Waals surface area (Å²) in [6, 6.07) is 0. The summed E-state index contributed by atoms with van der Waals surface area (Å²) in [6.45, 7) is 8.83. The highest BCUT2D eigenvalue weighted by atomic mass is 32.1. The van der Waals surface area contributed by atoms with E-state index in [1.54, 1.807) is 11.8 Å². The summed E-state index contributed by atoms with van der Waals surface area (Å²) in [5.74, 6) is 0.108. The number of hydrogen-bond acceptors (Lipinski definition) is 8. The van der Waals surface area contributed by atoms with Gasteiger partial charge < -0.3 is 4.74 Å². The molecule has 1 aliphatic rings. The number of hydrogen-bond donors (Lipinski definition) is 1. The van der Waals surface area contributed by atoms with Crippen LogP contribution in [0.1, 0.15) is 66.5 Å². The van der Waals surface area contributed by atoms with Crippen LogP contribution < -0.4 is 10.2 Å². The molecule has 1 N–H and O–H groups in total. The topological polar surface area (TPSA) is 97.3 Å². The monoisotopic (exact) mass is 423 g/mol. The quantitative estimate of drug-likeness (QED) is 0.727. The van der Waals surface area contributed by atoms with Crippen molar-refractivity contribution in [3.63, 3.8) is 0 Å². The van der Waals surface area contributed by atoms with Crippen LogP contribution in [-0.2, 0) is 9.53 Å². The van der Waals surface area contributed by atoms with E-state index in [-0.39, 0.29) is 17.9 Å². The minimum Gasteiger partial charge on any atom is -0.371 e. The van der Waals surface area contributed by atoms with Crippen molar-refractivity contribution in [3.8, 4) is 0 Å². The second-order valence-electron chi connectivity index (χ2n) is 7.17. The number of aromatic nitrogens is 3. The first-order chi connectivity index (χ1) is 13.3. The van der Waals surface area contributed by atoms with Gasteiger partial charge >= 0.3 is 0 Å². The van der Waals surface area contributed by atoms with Gasteiger partial charge in [-0.15, -0.1) is 10.2 Å². The molecule has 0 aliphatic carbocycles. The lowest BCUT2D eigenvalue weighted by Gasteiger charge is -2.18. The summed E-state index contributed by atoms with van der Waals surface area (Å²) in [7, 11) is 0.